The van der Waals surface area contributed by atoms with Crippen LogP contribution in [0.3, 0.4) is 0 Å². The van der Waals surface area contributed by atoms with Crippen LogP contribution in [-0.4, -0.2) is 65.6 Å². The minimum absolute atomic E-state index is 0.0150. The fraction of sp³-hybridized carbons (Fsp3) is 0.643. The first-order chi connectivity index (χ1) is 19.4. The average molecular weight is 637 g/mol. The number of aromatic nitrogens is 2. The number of hydrogen-bond acceptors (Lipinski definition) is 7. The van der Waals surface area contributed by atoms with Crippen molar-refractivity contribution in [2.75, 3.05) is 49.8 Å². The van der Waals surface area contributed by atoms with E-state index >= 15 is 0 Å². The molecule has 2 aromatic rings. The number of halogens is 6. The minimum Gasteiger partial charge on any atom is -0.371 e. The molecule has 0 bridgehead atoms. The monoisotopic (exact) mass is 635 g/mol. The van der Waals surface area contributed by atoms with Gasteiger partial charge in [-0.25, -0.2) is 4.98 Å². The van der Waals surface area contributed by atoms with E-state index in [1.165, 1.54) is 0 Å². The van der Waals surface area contributed by atoms with Crippen molar-refractivity contribution in [1.29, 1.82) is 0 Å². The summed E-state index contributed by atoms with van der Waals surface area (Å²) in [6.45, 7) is 7.52. The van der Waals surface area contributed by atoms with Gasteiger partial charge in [0.2, 0.25) is 5.95 Å². The van der Waals surface area contributed by atoms with E-state index in [9.17, 15) is 13.2 Å². The number of nitrogens with zero attached hydrogens (tertiary/aromatic N) is 4. The van der Waals surface area contributed by atoms with Crippen molar-refractivity contribution in [3.05, 3.63) is 44.5 Å². The first-order valence-electron chi connectivity index (χ1n) is 13.9. The van der Waals surface area contributed by atoms with E-state index in [0.29, 0.717) is 53.2 Å². The molecule has 2 atom stereocenters. The van der Waals surface area contributed by atoms with Gasteiger partial charge < -0.3 is 25.0 Å². The SMILES string of the molecule is CC(Nc1nc(N2CC(C3CCCN(C4CC(C)(COCO)C4)C3)C2)nc(C(F)(F)F)c1Cl)c1ccc(Cl)cc1Cl. The molecular formula is C28H35Cl3F3N5O2. The molecule has 0 amide bonds. The first kappa shape index (κ1) is 30.9. The maximum absolute atomic E-state index is 13.9. The normalized spacial score (nSPS) is 26.4. The number of ether oxygens (including phenoxy) is 1. The summed E-state index contributed by atoms with van der Waals surface area (Å²) in [7, 11) is 0. The van der Waals surface area contributed by atoms with Gasteiger partial charge in [-0.15, -0.1) is 0 Å². The quantitative estimate of drug-likeness (QED) is 0.290. The van der Waals surface area contributed by atoms with Gasteiger partial charge in [0.1, 0.15) is 11.8 Å². The molecule has 1 aromatic heterocycles. The third kappa shape index (κ3) is 6.83. The van der Waals surface area contributed by atoms with E-state index in [1.54, 1.807) is 30.0 Å². The molecule has 1 saturated carbocycles. The number of aliphatic hydroxyl groups is 1. The van der Waals surface area contributed by atoms with Crippen molar-refractivity contribution in [2.45, 2.75) is 57.8 Å². The van der Waals surface area contributed by atoms with Crippen LogP contribution in [0.4, 0.5) is 24.9 Å². The van der Waals surface area contributed by atoms with Crippen LogP contribution in [0.25, 0.3) is 0 Å². The van der Waals surface area contributed by atoms with Gasteiger partial charge in [-0.05, 0) is 74.1 Å². The van der Waals surface area contributed by atoms with Gasteiger partial charge in [-0.1, -0.05) is 47.8 Å². The predicted octanol–water partition coefficient (Wildman–Crippen LogP) is 6.91. The Morgan fingerprint density at radius 3 is 2.54 bits per heavy atom. The standard InChI is InChI=1S/C28H35Cl3F3N5O2/c1-16(21-6-5-19(29)8-22(21)30)35-25-23(31)24(28(32,33)34)36-26(37-25)39-12-18(13-39)17-4-3-7-38(11-17)20-9-27(2,10-20)14-41-15-40/h5-6,8,16-18,20,40H,3-4,7,9-15H2,1-2H3,(H,35,36,37). The van der Waals surface area contributed by atoms with Crippen LogP contribution in [0, 0.1) is 17.3 Å². The topological polar surface area (TPSA) is 73.8 Å². The van der Waals surface area contributed by atoms with Crippen molar-refractivity contribution >= 4 is 46.6 Å². The van der Waals surface area contributed by atoms with E-state index in [1.807, 2.05) is 0 Å². The molecule has 1 aromatic carbocycles. The van der Waals surface area contributed by atoms with Crippen LogP contribution in [0.5, 0.6) is 0 Å². The minimum atomic E-state index is -4.74. The third-order valence-corrected chi connectivity index (χ3v) is 9.67. The van der Waals surface area contributed by atoms with Gasteiger partial charge in [-0.3, -0.25) is 0 Å². The fourth-order valence-corrected chi connectivity index (χ4v) is 7.29. The number of piperidine rings is 1. The lowest BCUT2D eigenvalue weighted by Gasteiger charge is -2.53. The second-order valence-electron chi connectivity index (χ2n) is 12.0. The van der Waals surface area contributed by atoms with Crippen LogP contribution in [-0.2, 0) is 10.9 Å². The van der Waals surface area contributed by atoms with Gasteiger partial charge in [0, 0.05) is 35.7 Å². The summed E-state index contributed by atoms with van der Waals surface area (Å²) in [5.41, 5.74) is -0.399. The maximum atomic E-state index is 13.9. The number of aliphatic hydroxyl groups excluding tert-OH is 1. The lowest BCUT2D eigenvalue weighted by molar-refractivity contribution is -0.141. The van der Waals surface area contributed by atoms with Crippen molar-refractivity contribution < 1.29 is 23.0 Å². The van der Waals surface area contributed by atoms with E-state index in [0.717, 1.165) is 38.8 Å². The average Bonchev–Trinajstić information content (AvgIpc) is 2.86. The lowest BCUT2D eigenvalue weighted by atomic mass is 9.66. The highest BCUT2D eigenvalue weighted by molar-refractivity contribution is 6.35. The number of hydrogen-bond donors (Lipinski definition) is 2. The molecule has 2 saturated heterocycles. The van der Waals surface area contributed by atoms with E-state index in [2.05, 4.69) is 27.1 Å². The summed E-state index contributed by atoms with van der Waals surface area (Å²) in [6, 6.07) is 4.98. The van der Waals surface area contributed by atoms with Crippen molar-refractivity contribution in [1.82, 2.24) is 14.9 Å². The number of likely N-dealkylation sites (tertiary alicyclic amines) is 1. The van der Waals surface area contributed by atoms with E-state index < -0.39 is 22.9 Å². The smallest absolute Gasteiger partial charge is 0.371 e. The Kier molecular flexibility index (Phi) is 9.19. The molecule has 2 N–H and O–H groups in total. The van der Waals surface area contributed by atoms with Gasteiger partial charge in [0.15, 0.2) is 11.5 Å². The Morgan fingerprint density at radius 1 is 1.15 bits per heavy atom. The summed E-state index contributed by atoms with van der Waals surface area (Å²) in [5, 5.41) is 12.2. The predicted molar refractivity (Wildman–Crippen MR) is 155 cm³/mol. The van der Waals surface area contributed by atoms with Crippen LogP contribution < -0.4 is 10.2 Å². The molecule has 1 aliphatic carbocycles. The van der Waals surface area contributed by atoms with Crippen LogP contribution in [0.15, 0.2) is 18.2 Å². The van der Waals surface area contributed by atoms with Gasteiger partial charge in [0.25, 0.3) is 0 Å². The second-order valence-corrected chi connectivity index (χ2v) is 13.2. The highest BCUT2D eigenvalue weighted by atomic mass is 35.5. The molecule has 3 heterocycles. The summed E-state index contributed by atoms with van der Waals surface area (Å²) >= 11 is 18.5. The second kappa shape index (κ2) is 12.2. The lowest BCUT2D eigenvalue weighted by Crippen LogP contribution is -2.58. The zero-order valence-electron chi connectivity index (χ0n) is 23.0. The van der Waals surface area contributed by atoms with Crippen molar-refractivity contribution in [3.8, 4) is 0 Å². The Balaban J connectivity index is 1.25. The van der Waals surface area contributed by atoms with Gasteiger partial charge in [0.05, 0.1) is 12.6 Å². The zero-order chi connectivity index (χ0) is 29.5. The summed E-state index contributed by atoms with van der Waals surface area (Å²) in [5.74, 6) is 0.757. The number of nitrogens with one attached hydrogen (secondary N) is 1. The number of anilines is 2. The van der Waals surface area contributed by atoms with Crippen LogP contribution >= 0.6 is 34.8 Å². The Morgan fingerprint density at radius 2 is 1.88 bits per heavy atom. The highest BCUT2D eigenvalue weighted by Gasteiger charge is 2.46. The third-order valence-electron chi connectivity index (χ3n) is 8.75. The van der Waals surface area contributed by atoms with Crippen LogP contribution in [0.1, 0.15) is 56.8 Å². The van der Waals surface area contributed by atoms with Gasteiger partial charge >= 0.3 is 6.18 Å². The maximum Gasteiger partial charge on any atom is 0.435 e. The van der Waals surface area contributed by atoms with Crippen molar-refractivity contribution in [2.24, 2.45) is 17.3 Å². The van der Waals surface area contributed by atoms with E-state index in [4.69, 9.17) is 44.6 Å². The molecule has 5 rings (SSSR count). The molecule has 2 aliphatic heterocycles. The molecular weight excluding hydrogens is 602 g/mol. The molecule has 13 heteroatoms. The Bertz CT molecular complexity index is 1240. The van der Waals surface area contributed by atoms with E-state index in [-0.39, 0.29) is 24.0 Å². The number of alkyl halides is 3. The molecule has 0 radical (unpaired) electrons. The Hall–Kier alpha value is -1.56. The van der Waals surface area contributed by atoms with Crippen molar-refractivity contribution in [3.63, 3.8) is 0 Å². The molecule has 2 unspecified atom stereocenters. The summed E-state index contributed by atoms with van der Waals surface area (Å²) < 4.78 is 47.0. The molecule has 3 aliphatic rings. The summed E-state index contributed by atoms with van der Waals surface area (Å²) in [6.07, 6.45) is -0.431. The number of benzene rings is 1. The summed E-state index contributed by atoms with van der Waals surface area (Å²) in [4.78, 5) is 12.6. The molecule has 226 valence electrons. The molecule has 3 fully saturated rings. The van der Waals surface area contributed by atoms with Gasteiger partial charge in [-0.2, -0.15) is 18.2 Å². The fourth-order valence-electron chi connectivity index (χ4n) is 6.47. The molecule has 0 spiro atoms. The first-order valence-corrected chi connectivity index (χ1v) is 15.0. The highest BCUT2D eigenvalue weighted by Crippen LogP contribution is 2.46. The zero-order valence-corrected chi connectivity index (χ0v) is 25.3. The molecule has 41 heavy (non-hydrogen) atoms. The Labute approximate surface area is 253 Å². The van der Waals surface area contributed by atoms with Crippen LogP contribution in [0.2, 0.25) is 15.1 Å². The number of rotatable bonds is 9. The molecule has 7 nitrogen and oxygen atoms in total. The largest absolute Gasteiger partial charge is 0.435 e.